The summed E-state index contributed by atoms with van der Waals surface area (Å²) >= 11 is 8.94. The van der Waals surface area contributed by atoms with E-state index in [-0.39, 0.29) is 17.9 Å². The fourth-order valence-corrected chi connectivity index (χ4v) is 2.97. The van der Waals surface area contributed by atoms with Crippen molar-refractivity contribution in [3.05, 3.63) is 34.3 Å². The van der Waals surface area contributed by atoms with E-state index in [4.69, 9.17) is 11.6 Å². The minimum atomic E-state index is -0.0677. The molecule has 21 heavy (non-hydrogen) atoms. The number of rotatable bonds is 4. The number of benzene rings is 1. The molecular formula is C15H18BrClN2O2. The van der Waals surface area contributed by atoms with Gasteiger partial charge in [0.2, 0.25) is 5.91 Å². The van der Waals surface area contributed by atoms with Crippen LogP contribution in [0.2, 0.25) is 0 Å². The molecule has 1 fully saturated rings. The summed E-state index contributed by atoms with van der Waals surface area (Å²) in [6.07, 6.45) is 1.96. The third-order valence-corrected chi connectivity index (χ3v) is 4.26. The number of halogens is 2. The molecule has 114 valence electrons. The molecule has 1 saturated heterocycles. The maximum Gasteiger partial charge on any atom is 0.251 e. The number of carbonyl (C=O) groups excluding carboxylic acids is 2. The van der Waals surface area contributed by atoms with E-state index in [1.54, 1.807) is 12.1 Å². The Balaban J connectivity index is 1.83. The van der Waals surface area contributed by atoms with E-state index >= 15 is 0 Å². The molecule has 0 aromatic heterocycles. The largest absolute Gasteiger partial charge is 0.349 e. The molecule has 0 atom stereocenters. The second kappa shape index (κ2) is 7.80. The fourth-order valence-electron chi connectivity index (χ4n) is 2.41. The van der Waals surface area contributed by atoms with Crippen LogP contribution in [0.4, 0.5) is 0 Å². The Labute approximate surface area is 138 Å². The van der Waals surface area contributed by atoms with E-state index in [1.807, 2.05) is 17.0 Å². The number of carbonyl (C=O) groups is 2. The van der Waals surface area contributed by atoms with Gasteiger partial charge in [0.05, 0.1) is 0 Å². The van der Waals surface area contributed by atoms with Crippen LogP contribution in [0, 0.1) is 0 Å². The first-order valence-corrected chi connectivity index (χ1v) is 8.33. The first-order chi connectivity index (χ1) is 10.1. The Morgan fingerprint density at radius 2 is 2.05 bits per heavy atom. The molecule has 0 aliphatic carbocycles. The Morgan fingerprint density at radius 3 is 2.67 bits per heavy atom. The minimum absolute atomic E-state index is 0.0677. The summed E-state index contributed by atoms with van der Waals surface area (Å²) in [6.45, 7) is 1.36. The number of nitrogens with zero attached hydrogens (tertiary/aromatic N) is 1. The van der Waals surface area contributed by atoms with Gasteiger partial charge in [0, 0.05) is 41.5 Å². The minimum Gasteiger partial charge on any atom is -0.349 e. The Morgan fingerprint density at radius 1 is 1.33 bits per heavy atom. The zero-order chi connectivity index (χ0) is 15.2. The summed E-state index contributed by atoms with van der Waals surface area (Å²) in [7, 11) is 0. The molecule has 0 saturated carbocycles. The zero-order valence-corrected chi connectivity index (χ0v) is 14.0. The van der Waals surface area contributed by atoms with Crippen LogP contribution in [0.3, 0.4) is 0 Å². The van der Waals surface area contributed by atoms with Crippen molar-refractivity contribution in [1.29, 1.82) is 0 Å². The van der Waals surface area contributed by atoms with Crippen molar-refractivity contribution in [3.63, 3.8) is 0 Å². The highest BCUT2D eigenvalue weighted by molar-refractivity contribution is 9.10. The number of piperidine rings is 1. The predicted octanol–water partition coefficient (Wildman–Crippen LogP) is 2.80. The van der Waals surface area contributed by atoms with Crippen LogP contribution in [-0.2, 0) is 4.79 Å². The van der Waals surface area contributed by atoms with Crippen LogP contribution in [0.1, 0.15) is 29.6 Å². The molecule has 1 N–H and O–H groups in total. The lowest BCUT2D eigenvalue weighted by atomic mass is 10.0. The van der Waals surface area contributed by atoms with Gasteiger partial charge in [-0.25, -0.2) is 0 Å². The molecule has 1 aliphatic heterocycles. The molecule has 1 heterocycles. The lowest BCUT2D eigenvalue weighted by Gasteiger charge is -2.32. The zero-order valence-electron chi connectivity index (χ0n) is 11.6. The third-order valence-electron chi connectivity index (χ3n) is 3.58. The lowest BCUT2D eigenvalue weighted by molar-refractivity contribution is -0.131. The van der Waals surface area contributed by atoms with Crippen molar-refractivity contribution in [2.75, 3.05) is 19.0 Å². The number of nitrogens with one attached hydrogen (secondary N) is 1. The van der Waals surface area contributed by atoms with Crippen molar-refractivity contribution in [3.8, 4) is 0 Å². The SMILES string of the molecule is O=C(NC1CCN(C(=O)CCCl)CC1)c1cccc(Br)c1. The van der Waals surface area contributed by atoms with Crippen LogP contribution >= 0.6 is 27.5 Å². The van der Waals surface area contributed by atoms with Gasteiger partial charge in [-0.2, -0.15) is 0 Å². The molecule has 0 radical (unpaired) electrons. The van der Waals surface area contributed by atoms with Gasteiger partial charge in [-0.3, -0.25) is 9.59 Å². The molecule has 0 unspecified atom stereocenters. The van der Waals surface area contributed by atoms with Crippen molar-refractivity contribution < 1.29 is 9.59 Å². The highest BCUT2D eigenvalue weighted by Crippen LogP contribution is 2.15. The van der Waals surface area contributed by atoms with E-state index in [0.717, 1.165) is 17.3 Å². The van der Waals surface area contributed by atoms with Gasteiger partial charge in [-0.1, -0.05) is 22.0 Å². The van der Waals surface area contributed by atoms with Crippen LogP contribution < -0.4 is 5.32 Å². The van der Waals surface area contributed by atoms with Gasteiger partial charge < -0.3 is 10.2 Å². The summed E-state index contributed by atoms with van der Waals surface area (Å²) in [5, 5.41) is 3.03. The maximum absolute atomic E-state index is 12.2. The first-order valence-electron chi connectivity index (χ1n) is 7.00. The van der Waals surface area contributed by atoms with Crippen LogP contribution in [0.15, 0.2) is 28.7 Å². The van der Waals surface area contributed by atoms with E-state index in [0.29, 0.717) is 31.0 Å². The van der Waals surface area contributed by atoms with Crippen molar-refractivity contribution in [1.82, 2.24) is 10.2 Å². The molecule has 1 aromatic carbocycles. The number of alkyl halides is 1. The molecule has 4 nitrogen and oxygen atoms in total. The van der Waals surface area contributed by atoms with Gasteiger partial charge in [0.1, 0.15) is 0 Å². The van der Waals surface area contributed by atoms with Crippen LogP contribution in [-0.4, -0.2) is 41.7 Å². The number of hydrogen-bond acceptors (Lipinski definition) is 2. The number of hydrogen-bond donors (Lipinski definition) is 1. The van der Waals surface area contributed by atoms with E-state index in [2.05, 4.69) is 21.2 Å². The van der Waals surface area contributed by atoms with Gasteiger partial charge in [-0.05, 0) is 31.0 Å². The highest BCUT2D eigenvalue weighted by Gasteiger charge is 2.23. The summed E-state index contributed by atoms with van der Waals surface area (Å²) in [5.41, 5.74) is 0.644. The summed E-state index contributed by atoms with van der Waals surface area (Å²) in [5.74, 6) is 0.391. The monoisotopic (exact) mass is 372 g/mol. The second-order valence-electron chi connectivity index (χ2n) is 5.08. The molecule has 1 aliphatic rings. The topological polar surface area (TPSA) is 49.4 Å². The molecule has 0 bridgehead atoms. The predicted molar refractivity (Wildman–Crippen MR) is 86.5 cm³/mol. The molecule has 1 aromatic rings. The summed E-state index contributed by atoms with van der Waals surface area (Å²) in [6, 6.07) is 7.44. The average molecular weight is 374 g/mol. The van der Waals surface area contributed by atoms with Gasteiger partial charge in [0.15, 0.2) is 0 Å². The van der Waals surface area contributed by atoms with Crippen LogP contribution in [0.25, 0.3) is 0 Å². The average Bonchev–Trinajstić information content (AvgIpc) is 2.48. The summed E-state index contributed by atoms with van der Waals surface area (Å²) in [4.78, 5) is 25.7. The summed E-state index contributed by atoms with van der Waals surface area (Å²) < 4.78 is 0.886. The van der Waals surface area contributed by atoms with Gasteiger partial charge in [0.25, 0.3) is 5.91 Å². The van der Waals surface area contributed by atoms with E-state index < -0.39 is 0 Å². The Hall–Kier alpha value is -1.07. The van der Waals surface area contributed by atoms with E-state index in [9.17, 15) is 9.59 Å². The Kier molecular flexibility index (Phi) is 6.06. The van der Waals surface area contributed by atoms with Crippen molar-refractivity contribution >= 4 is 39.3 Å². The normalized spacial score (nSPS) is 15.8. The molecule has 2 rings (SSSR count). The molecule has 6 heteroatoms. The molecule has 2 amide bonds. The van der Waals surface area contributed by atoms with Crippen LogP contribution in [0.5, 0.6) is 0 Å². The standard InChI is InChI=1S/C15H18BrClN2O2/c16-12-3-1-2-11(10-12)15(21)18-13-5-8-19(9-6-13)14(20)4-7-17/h1-3,10,13H,4-9H2,(H,18,21). The first kappa shape index (κ1) is 16.3. The second-order valence-corrected chi connectivity index (χ2v) is 6.37. The van der Waals surface area contributed by atoms with Gasteiger partial charge in [-0.15, -0.1) is 11.6 Å². The van der Waals surface area contributed by atoms with Crippen molar-refractivity contribution in [2.24, 2.45) is 0 Å². The highest BCUT2D eigenvalue weighted by atomic mass is 79.9. The lowest BCUT2D eigenvalue weighted by Crippen LogP contribution is -2.46. The van der Waals surface area contributed by atoms with E-state index in [1.165, 1.54) is 0 Å². The quantitative estimate of drug-likeness (QED) is 0.825. The fraction of sp³-hybridized carbons (Fsp3) is 0.467. The molecular weight excluding hydrogens is 356 g/mol. The van der Waals surface area contributed by atoms with Gasteiger partial charge >= 0.3 is 0 Å². The number of amides is 2. The number of likely N-dealkylation sites (tertiary alicyclic amines) is 1. The smallest absolute Gasteiger partial charge is 0.251 e. The third kappa shape index (κ3) is 4.71. The van der Waals surface area contributed by atoms with Crippen molar-refractivity contribution in [2.45, 2.75) is 25.3 Å². The maximum atomic E-state index is 12.2. The Bertz CT molecular complexity index is 516. The molecule has 0 spiro atoms.